The third kappa shape index (κ3) is 6.62. The average molecular weight is 704 g/mol. The van der Waals surface area contributed by atoms with Crippen LogP contribution in [0.2, 0.25) is 15.1 Å². The predicted octanol–water partition coefficient (Wildman–Crippen LogP) is 6.36. The summed E-state index contributed by atoms with van der Waals surface area (Å²) in [7, 11) is 4.48. The van der Waals surface area contributed by atoms with Crippen molar-refractivity contribution in [3.63, 3.8) is 0 Å². The predicted molar refractivity (Wildman–Crippen MR) is 179 cm³/mol. The Kier molecular flexibility index (Phi) is 10.3. The van der Waals surface area contributed by atoms with Gasteiger partial charge in [0.05, 0.1) is 49.8 Å². The Morgan fingerprint density at radius 2 is 1.63 bits per heavy atom. The summed E-state index contributed by atoms with van der Waals surface area (Å²) >= 11 is 19.9. The summed E-state index contributed by atoms with van der Waals surface area (Å²) in [6.07, 6.45) is 1.68. The number of hydrogen-bond donors (Lipinski definition) is 0. The van der Waals surface area contributed by atoms with Gasteiger partial charge in [-0.05, 0) is 68.0 Å². The van der Waals surface area contributed by atoms with Crippen LogP contribution in [0.25, 0.3) is 6.08 Å². The first-order chi connectivity index (χ1) is 22.1. The molecule has 0 saturated carbocycles. The molecule has 0 aliphatic carbocycles. The van der Waals surface area contributed by atoms with Gasteiger partial charge in [0.15, 0.2) is 16.3 Å². The second kappa shape index (κ2) is 14.2. The Labute approximate surface area is 283 Å². The van der Waals surface area contributed by atoms with Gasteiger partial charge in [-0.2, -0.15) is 0 Å². The average Bonchev–Trinajstić information content (AvgIpc) is 3.33. The smallest absolute Gasteiger partial charge is 0.338 e. The van der Waals surface area contributed by atoms with Crippen LogP contribution in [-0.2, 0) is 16.1 Å². The Morgan fingerprint density at radius 3 is 2.26 bits per heavy atom. The van der Waals surface area contributed by atoms with Gasteiger partial charge in [-0.3, -0.25) is 9.36 Å². The summed E-state index contributed by atoms with van der Waals surface area (Å²) in [6, 6.07) is 12.8. The lowest BCUT2D eigenvalue weighted by molar-refractivity contribution is -0.139. The number of carbonyl (C=O) groups is 1. The van der Waals surface area contributed by atoms with Gasteiger partial charge < -0.3 is 23.7 Å². The van der Waals surface area contributed by atoms with Gasteiger partial charge in [-0.25, -0.2) is 9.79 Å². The molecule has 0 unspecified atom stereocenters. The van der Waals surface area contributed by atoms with Gasteiger partial charge in [0.1, 0.15) is 12.4 Å². The fourth-order valence-electron chi connectivity index (χ4n) is 5.07. The van der Waals surface area contributed by atoms with Crippen LogP contribution in [0.15, 0.2) is 69.6 Å². The number of fused-ring (bicyclic) bond motifs is 1. The molecule has 240 valence electrons. The lowest BCUT2D eigenvalue weighted by Gasteiger charge is -2.26. The van der Waals surface area contributed by atoms with Crippen LogP contribution < -0.4 is 33.8 Å². The van der Waals surface area contributed by atoms with Gasteiger partial charge in [0, 0.05) is 26.2 Å². The molecular formula is C33H29Cl3N2O7S. The third-order valence-electron chi connectivity index (χ3n) is 7.18. The molecule has 0 saturated heterocycles. The van der Waals surface area contributed by atoms with E-state index in [1.54, 1.807) is 68.5 Å². The molecule has 13 heteroatoms. The van der Waals surface area contributed by atoms with E-state index >= 15 is 0 Å². The van der Waals surface area contributed by atoms with Crippen molar-refractivity contribution < 1.29 is 28.5 Å². The maximum Gasteiger partial charge on any atom is 0.338 e. The number of benzene rings is 3. The van der Waals surface area contributed by atoms with E-state index < -0.39 is 12.0 Å². The van der Waals surface area contributed by atoms with E-state index in [1.807, 2.05) is 0 Å². The number of carbonyl (C=O) groups excluding carboxylic acids is 1. The number of thiazole rings is 1. The highest BCUT2D eigenvalue weighted by Crippen LogP contribution is 2.42. The van der Waals surface area contributed by atoms with Gasteiger partial charge in [0.2, 0.25) is 5.75 Å². The molecular weight excluding hydrogens is 675 g/mol. The number of halogens is 3. The molecule has 1 aliphatic heterocycles. The van der Waals surface area contributed by atoms with Gasteiger partial charge >= 0.3 is 5.97 Å². The summed E-state index contributed by atoms with van der Waals surface area (Å²) in [5.74, 6) is 0.971. The van der Waals surface area contributed by atoms with Crippen LogP contribution in [0.1, 0.15) is 36.6 Å². The first kappa shape index (κ1) is 33.4. The SMILES string of the molecule is CCOC(=O)C1=C(C)N=c2s/c(=C\c3cc(Cl)ccc3OCc3ccc(Cl)cc3Cl)c(=O)n2[C@H]1c1cc(OC)c(OC)c(OC)c1. The number of hydrogen-bond acceptors (Lipinski definition) is 9. The fourth-order valence-corrected chi connectivity index (χ4v) is 6.75. The molecule has 2 heterocycles. The Hall–Kier alpha value is -3.96. The number of esters is 1. The van der Waals surface area contributed by atoms with Crippen molar-refractivity contribution in [2.75, 3.05) is 27.9 Å². The summed E-state index contributed by atoms with van der Waals surface area (Å²) in [4.78, 5) is 32.6. The minimum Gasteiger partial charge on any atom is -0.493 e. The van der Waals surface area contributed by atoms with Gasteiger partial charge in [-0.15, -0.1) is 0 Å². The standard InChI is InChI=1S/C33H29Cl3N2O7S/c1-6-44-32(40)28-17(2)37-33-38(29(28)20-12-25(41-3)30(43-5)26(13-20)42-4)31(39)27(46-33)14-19-11-21(34)9-10-24(19)45-16-18-7-8-22(35)15-23(18)36/h7-15,29H,6,16H2,1-5H3/b27-14-/t29-/m0/s1. The van der Waals surface area contributed by atoms with Crippen LogP contribution in [-0.4, -0.2) is 38.5 Å². The van der Waals surface area contributed by atoms with Crippen LogP contribution in [0.5, 0.6) is 23.0 Å². The second-order valence-corrected chi connectivity index (χ2v) is 12.3. The van der Waals surface area contributed by atoms with Crippen LogP contribution in [0.4, 0.5) is 0 Å². The third-order valence-corrected chi connectivity index (χ3v) is 8.98. The van der Waals surface area contributed by atoms with Crippen LogP contribution in [0, 0.1) is 0 Å². The van der Waals surface area contributed by atoms with Crippen molar-refractivity contribution >= 4 is 58.2 Å². The normalized spacial score (nSPS) is 14.4. The van der Waals surface area contributed by atoms with Crippen molar-refractivity contribution in [2.45, 2.75) is 26.5 Å². The fraction of sp³-hybridized carbons (Fsp3) is 0.242. The molecule has 4 aromatic rings. The molecule has 9 nitrogen and oxygen atoms in total. The molecule has 46 heavy (non-hydrogen) atoms. The lowest BCUT2D eigenvalue weighted by atomic mass is 9.95. The number of rotatable bonds is 10. The molecule has 0 bridgehead atoms. The monoisotopic (exact) mass is 702 g/mol. The van der Waals surface area contributed by atoms with Crippen LogP contribution >= 0.6 is 46.1 Å². The Bertz CT molecular complexity index is 2010. The zero-order valence-corrected chi connectivity index (χ0v) is 28.6. The van der Waals surface area contributed by atoms with E-state index in [9.17, 15) is 9.59 Å². The molecule has 0 fully saturated rings. The summed E-state index contributed by atoms with van der Waals surface area (Å²) in [5.41, 5.74) is 2.07. The molecule has 0 spiro atoms. The molecule has 0 radical (unpaired) electrons. The summed E-state index contributed by atoms with van der Waals surface area (Å²) in [6.45, 7) is 3.71. The van der Waals surface area contributed by atoms with E-state index in [1.165, 1.54) is 37.2 Å². The first-order valence-electron chi connectivity index (χ1n) is 14.0. The molecule has 5 rings (SSSR count). The van der Waals surface area contributed by atoms with E-state index in [4.69, 9.17) is 58.5 Å². The largest absolute Gasteiger partial charge is 0.493 e. The zero-order chi connectivity index (χ0) is 33.1. The highest BCUT2D eigenvalue weighted by Gasteiger charge is 2.34. The molecule has 1 atom stereocenters. The molecule has 0 N–H and O–H groups in total. The first-order valence-corrected chi connectivity index (χ1v) is 15.9. The van der Waals surface area contributed by atoms with E-state index in [0.29, 0.717) is 64.2 Å². The lowest BCUT2D eigenvalue weighted by Crippen LogP contribution is -2.40. The van der Waals surface area contributed by atoms with Crippen LogP contribution in [0.3, 0.4) is 0 Å². The van der Waals surface area contributed by atoms with Crippen molar-refractivity contribution in [1.82, 2.24) is 4.57 Å². The molecule has 0 amide bonds. The second-order valence-electron chi connectivity index (χ2n) is 9.97. The van der Waals surface area contributed by atoms with Crippen molar-refractivity contribution in [3.8, 4) is 23.0 Å². The maximum absolute atomic E-state index is 14.2. The highest BCUT2D eigenvalue weighted by atomic mass is 35.5. The topological polar surface area (TPSA) is 97.6 Å². The molecule has 1 aliphatic rings. The van der Waals surface area contributed by atoms with E-state index in [-0.39, 0.29) is 24.3 Å². The minimum atomic E-state index is -0.909. The minimum absolute atomic E-state index is 0.140. The number of aromatic nitrogens is 1. The zero-order valence-electron chi connectivity index (χ0n) is 25.5. The highest BCUT2D eigenvalue weighted by molar-refractivity contribution is 7.07. The quantitative estimate of drug-likeness (QED) is 0.177. The maximum atomic E-state index is 14.2. The summed E-state index contributed by atoms with van der Waals surface area (Å²) in [5, 5.41) is 1.44. The van der Waals surface area contributed by atoms with E-state index in [2.05, 4.69) is 4.99 Å². The number of allylic oxidation sites excluding steroid dienone is 1. The van der Waals surface area contributed by atoms with Crippen molar-refractivity contribution in [3.05, 3.63) is 111 Å². The van der Waals surface area contributed by atoms with Gasteiger partial charge in [0.25, 0.3) is 5.56 Å². The molecule has 1 aromatic heterocycles. The number of methoxy groups -OCH3 is 3. The number of ether oxygens (including phenoxy) is 5. The summed E-state index contributed by atoms with van der Waals surface area (Å²) < 4.78 is 30.0. The van der Waals surface area contributed by atoms with Crippen molar-refractivity contribution in [1.29, 1.82) is 0 Å². The van der Waals surface area contributed by atoms with Crippen molar-refractivity contribution in [2.24, 2.45) is 4.99 Å². The molecule has 3 aromatic carbocycles. The van der Waals surface area contributed by atoms with Gasteiger partial charge in [-0.1, -0.05) is 52.2 Å². The van der Waals surface area contributed by atoms with E-state index in [0.717, 1.165) is 5.56 Å². The Balaban J connectivity index is 1.67. The Morgan fingerprint density at radius 1 is 0.957 bits per heavy atom. The number of nitrogens with zero attached hydrogens (tertiary/aromatic N) is 2.